The van der Waals surface area contributed by atoms with Crippen molar-refractivity contribution in [1.82, 2.24) is 25.3 Å². The van der Waals surface area contributed by atoms with E-state index in [1.165, 1.54) is 5.56 Å². The van der Waals surface area contributed by atoms with Gasteiger partial charge < -0.3 is 15.5 Å². The van der Waals surface area contributed by atoms with Crippen molar-refractivity contribution in [1.29, 1.82) is 0 Å². The van der Waals surface area contributed by atoms with Crippen LogP contribution >= 0.6 is 24.0 Å². The molecule has 0 radical (unpaired) electrons. The Bertz CT molecular complexity index is 782. The highest BCUT2D eigenvalue weighted by molar-refractivity contribution is 14.0. The molecule has 1 fully saturated rings. The first-order valence-corrected chi connectivity index (χ1v) is 10.5. The molecule has 7 nitrogen and oxygen atoms in total. The summed E-state index contributed by atoms with van der Waals surface area (Å²) in [6.45, 7) is 5.61. The molecule has 3 rings (SSSR count). The Kier molecular flexibility index (Phi) is 10.1. The van der Waals surface area contributed by atoms with E-state index in [-0.39, 0.29) is 29.9 Å². The molecule has 1 aliphatic rings. The van der Waals surface area contributed by atoms with Gasteiger partial charge in [0.2, 0.25) is 5.91 Å². The first kappa shape index (κ1) is 24.2. The van der Waals surface area contributed by atoms with Crippen LogP contribution in [0.1, 0.15) is 31.7 Å². The standard InChI is InChI=1S/C22H32N6O.HI/c1-3-24-22(27-15-10-19(11-16-27)17-21(29)23-2)25-13-9-18-5-7-20(8-6-18)28-14-4-12-26-28;/h4-8,12,14,19H,3,9-11,13,15-17H2,1-2H3,(H,23,29)(H,24,25);1H. The number of guanidine groups is 1. The molecular weight excluding hydrogens is 491 g/mol. The van der Waals surface area contributed by atoms with Crippen LogP contribution in [-0.4, -0.2) is 59.8 Å². The SMILES string of the molecule is CCNC(=NCCc1ccc(-n2cccn2)cc1)N1CCC(CC(=O)NC)CC1.I. The third kappa shape index (κ3) is 7.00. The highest BCUT2D eigenvalue weighted by Gasteiger charge is 2.22. The van der Waals surface area contributed by atoms with Crippen molar-refractivity contribution in [3.8, 4) is 5.69 Å². The van der Waals surface area contributed by atoms with Crippen LogP contribution in [0.15, 0.2) is 47.7 Å². The van der Waals surface area contributed by atoms with Crippen molar-refractivity contribution in [3.63, 3.8) is 0 Å². The Balaban J connectivity index is 0.00000320. The second-order valence-electron chi connectivity index (χ2n) is 7.41. The summed E-state index contributed by atoms with van der Waals surface area (Å²) < 4.78 is 1.86. The summed E-state index contributed by atoms with van der Waals surface area (Å²) in [6.07, 6.45) is 7.33. The summed E-state index contributed by atoms with van der Waals surface area (Å²) in [5, 5.41) is 10.4. The van der Waals surface area contributed by atoms with Gasteiger partial charge in [-0.15, -0.1) is 24.0 Å². The van der Waals surface area contributed by atoms with Crippen LogP contribution in [0.3, 0.4) is 0 Å². The summed E-state index contributed by atoms with van der Waals surface area (Å²) >= 11 is 0. The zero-order chi connectivity index (χ0) is 20.5. The number of benzene rings is 1. The molecule has 2 heterocycles. The number of amides is 1. The zero-order valence-corrected chi connectivity index (χ0v) is 20.2. The Labute approximate surface area is 196 Å². The molecule has 30 heavy (non-hydrogen) atoms. The molecule has 0 unspecified atom stereocenters. The maximum absolute atomic E-state index is 11.6. The van der Waals surface area contributed by atoms with Crippen molar-refractivity contribution in [3.05, 3.63) is 48.3 Å². The number of aliphatic imine (C=N–C) groups is 1. The number of aromatic nitrogens is 2. The molecule has 1 saturated heterocycles. The van der Waals surface area contributed by atoms with Gasteiger partial charge in [-0.3, -0.25) is 9.79 Å². The van der Waals surface area contributed by atoms with E-state index < -0.39 is 0 Å². The van der Waals surface area contributed by atoms with Gasteiger partial charge in [0.25, 0.3) is 0 Å². The molecule has 0 saturated carbocycles. The number of piperidine rings is 1. The predicted molar refractivity (Wildman–Crippen MR) is 132 cm³/mol. The topological polar surface area (TPSA) is 74.5 Å². The number of nitrogens with one attached hydrogen (secondary N) is 2. The molecule has 1 aromatic heterocycles. The van der Waals surface area contributed by atoms with Gasteiger partial charge in [0, 0.05) is 52.0 Å². The van der Waals surface area contributed by atoms with E-state index in [0.717, 1.165) is 57.1 Å². The molecule has 164 valence electrons. The van der Waals surface area contributed by atoms with E-state index in [1.807, 2.05) is 16.9 Å². The molecule has 0 spiro atoms. The number of hydrogen-bond acceptors (Lipinski definition) is 3. The minimum Gasteiger partial charge on any atom is -0.359 e. The predicted octanol–water partition coefficient (Wildman–Crippen LogP) is 2.85. The molecule has 1 aromatic carbocycles. The molecule has 0 aliphatic carbocycles. The molecule has 8 heteroatoms. The van der Waals surface area contributed by atoms with Crippen molar-refractivity contribution in [2.75, 3.05) is 33.2 Å². The molecule has 1 amide bonds. The van der Waals surface area contributed by atoms with E-state index >= 15 is 0 Å². The van der Waals surface area contributed by atoms with E-state index in [2.05, 4.69) is 51.8 Å². The first-order chi connectivity index (χ1) is 14.2. The fourth-order valence-electron chi connectivity index (χ4n) is 3.67. The van der Waals surface area contributed by atoms with Gasteiger partial charge in [-0.25, -0.2) is 4.68 Å². The van der Waals surface area contributed by atoms with Crippen LogP contribution in [0.2, 0.25) is 0 Å². The average molecular weight is 524 g/mol. The molecule has 1 aliphatic heterocycles. The third-order valence-corrected chi connectivity index (χ3v) is 5.37. The number of halogens is 1. The summed E-state index contributed by atoms with van der Waals surface area (Å²) in [5.74, 6) is 1.60. The average Bonchev–Trinajstić information content (AvgIpc) is 3.29. The van der Waals surface area contributed by atoms with E-state index in [9.17, 15) is 4.79 Å². The van der Waals surface area contributed by atoms with E-state index in [0.29, 0.717) is 12.3 Å². The molecule has 2 aromatic rings. The zero-order valence-electron chi connectivity index (χ0n) is 17.9. The molecule has 2 N–H and O–H groups in total. The number of likely N-dealkylation sites (tertiary alicyclic amines) is 1. The van der Waals surface area contributed by atoms with Crippen molar-refractivity contribution in [2.24, 2.45) is 10.9 Å². The highest BCUT2D eigenvalue weighted by Crippen LogP contribution is 2.20. The minimum atomic E-state index is 0. The highest BCUT2D eigenvalue weighted by atomic mass is 127. The molecule has 0 bridgehead atoms. The van der Waals surface area contributed by atoms with Gasteiger partial charge in [0.1, 0.15) is 0 Å². The van der Waals surface area contributed by atoms with Crippen LogP contribution in [-0.2, 0) is 11.2 Å². The normalized spacial score (nSPS) is 14.9. The maximum Gasteiger partial charge on any atom is 0.220 e. The third-order valence-electron chi connectivity index (χ3n) is 5.37. The lowest BCUT2D eigenvalue weighted by Gasteiger charge is -2.34. The Morgan fingerprint density at radius 3 is 2.57 bits per heavy atom. The van der Waals surface area contributed by atoms with Gasteiger partial charge >= 0.3 is 0 Å². The van der Waals surface area contributed by atoms with Crippen LogP contribution in [0, 0.1) is 5.92 Å². The lowest BCUT2D eigenvalue weighted by Crippen LogP contribution is -2.46. The summed E-state index contributed by atoms with van der Waals surface area (Å²) in [7, 11) is 1.71. The summed E-state index contributed by atoms with van der Waals surface area (Å²) in [6, 6.07) is 10.4. The summed E-state index contributed by atoms with van der Waals surface area (Å²) in [5.41, 5.74) is 2.33. The Morgan fingerprint density at radius 2 is 1.97 bits per heavy atom. The fourth-order valence-corrected chi connectivity index (χ4v) is 3.67. The van der Waals surface area contributed by atoms with Gasteiger partial charge in [-0.05, 0) is 55.9 Å². The molecule has 0 atom stereocenters. The minimum absolute atomic E-state index is 0. The number of nitrogens with zero attached hydrogens (tertiary/aromatic N) is 4. The van der Waals surface area contributed by atoms with Crippen LogP contribution in [0.25, 0.3) is 5.69 Å². The number of carbonyl (C=O) groups excluding carboxylic acids is 1. The van der Waals surface area contributed by atoms with Gasteiger partial charge in [0.15, 0.2) is 5.96 Å². The summed E-state index contributed by atoms with van der Waals surface area (Å²) in [4.78, 5) is 18.8. The molecular formula is C22H33IN6O. The van der Waals surface area contributed by atoms with Crippen LogP contribution < -0.4 is 10.6 Å². The number of rotatable bonds is 7. The van der Waals surface area contributed by atoms with Gasteiger partial charge in [-0.1, -0.05) is 12.1 Å². The van der Waals surface area contributed by atoms with Gasteiger partial charge in [-0.2, -0.15) is 5.10 Å². The Hall–Kier alpha value is -2.10. The second-order valence-corrected chi connectivity index (χ2v) is 7.41. The number of carbonyl (C=O) groups is 1. The largest absolute Gasteiger partial charge is 0.359 e. The van der Waals surface area contributed by atoms with Crippen molar-refractivity contribution in [2.45, 2.75) is 32.6 Å². The number of hydrogen-bond donors (Lipinski definition) is 2. The monoisotopic (exact) mass is 524 g/mol. The van der Waals surface area contributed by atoms with Crippen LogP contribution in [0.4, 0.5) is 0 Å². The first-order valence-electron chi connectivity index (χ1n) is 10.5. The lowest BCUT2D eigenvalue weighted by molar-refractivity contribution is -0.121. The quantitative estimate of drug-likeness (QED) is 0.332. The fraction of sp³-hybridized carbons (Fsp3) is 0.500. The van der Waals surface area contributed by atoms with Crippen molar-refractivity contribution < 1.29 is 4.79 Å². The second kappa shape index (κ2) is 12.6. The van der Waals surface area contributed by atoms with Crippen molar-refractivity contribution >= 4 is 35.8 Å². The van der Waals surface area contributed by atoms with E-state index in [1.54, 1.807) is 13.2 Å². The smallest absolute Gasteiger partial charge is 0.220 e. The van der Waals surface area contributed by atoms with E-state index in [4.69, 9.17) is 4.99 Å². The Morgan fingerprint density at radius 1 is 1.23 bits per heavy atom. The van der Waals surface area contributed by atoms with Gasteiger partial charge in [0.05, 0.1) is 5.69 Å². The van der Waals surface area contributed by atoms with Crippen LogP contribution in [0.5, 0.6) is 0 Å². The maximum atomic E-state index is 11.6. The lowest BCUT2D eigenvalue weighted by atomic mass is 9.93.